The summed E-state index contributed by atoms with van der Waals surface area (Å²) in [5.41, 5.74) is 1.45. The van der Waals surface area contributed by atoms with Crippen molar-refractivity contribution in [2.24, 2.45) is 0 Å². The normalized spacial score (nSPS) is 8.69. The molecule has 0 aromatic heterocycles. The number of benzene rings is 1. The van der Waals surface area contributed by atoms with E-state index in [9.17, 15) is 0 Å². The Morgan fingerprint density at radius 1 is 1.00 bits per heavy atom. The van der Waals surface area contributed by atoms with Crippen molar-refractivity contribution in [2.45, 2.75) is 52.4 Å². The van der Waals surface area contributed by atoms with E-state index < -0.39 is 0 Å². The average molecular weight is 229 g/mol. The molecule has 0 heterocycles. The molecule has 0 unspecified atom stereocenters. The van der Waals surface area contributed by atoms with Crippen LogP contribution in [0.1, 0.15) is 51.5 Å². The van der Waals surface area contributed by atoms with Crippen molar-refractivity contribution in [2.75, 3.05) is 0 Å². The molecule has 0 aliphatic heterocycles. The van der Waals surface area contributed by atoms with Gasteiger partial charge in [-0.15, -0.1) is 0 Å². The minimum Gasteiger partial charge on any atom is -0.346 e. The Balaban J connectivity index is 0. The summed E-state index contributed by atoms with van der Waals surface area (Å²) < 4.78 is 0. The molecule has 0 aliphatic carbocycles. The summed E-state index contributed by atoms with van der Waals surface area (Å²) in [5, 5.41) is 0. The van der Waals surface area contributed by atoms with Crippen molar-refractivity contribution in [1.82, 2.24) is 0 Å². The Morgan fingerprint density at radius 3 is 2.12 bits per heavy atom. The van der Waals surface area contributed by atoms with Crippen molar-refractivity contribution in [3.63, 3.8) is 0 Å². The van der Waals surface area contributed by atoms with Crippen LogP contribution >= 0.6 is 0 Å². The van der Waals surface area contributed by atoms with Crippen LogP contribution in [0.25, 0.3) is 0 Å². The van der Waals surface area contributed by atoms with Gasteiger partial charge < -0.3 is 6.92 Å². The fourth-order valence-electron chi connectivity index (χ4n) is 1.52. The predicted molar refractivity (Wildman–Crippen MR) is 74.5 cm³/mol. The monoisotopic (exact) mass is 228 g/mol. The van der Waals surface area contributed by atoms with Gasteiger partial charge in [0.15, 0.2) is 0 Å². The molecule has 16 heavy (non-hydrogen) atoms. The van der Waals surface area contributed by atoms with Crippen LogP contribution in [0, 0.1) is 13.0 Å². The fraction of sp³-hybridized carbons (Fsp3) is 0.533. The second kappa shape index (κ2) is 15.0. The van der Waals surface area contributed by atoms with Gasteiger partial charge in [-0.2, -0.15) is 42.8 Å². The summed E-state index contributed by atoms with van der Waals surface area (Å²) in [6.45, 7) is 7.26. The molecular formula is C15H24Mg. The molecule has 1 rings (SSSR count). The Labute approximate surface area is 118 Å². The number of hydrogen-bond acceptors (Lipinski definition) is 0. The van der Waals surface area contributed by atoms with E-state index >= 15 is 0 Å². The van der Waals surface area contributed by atoms with Crippen molar-refractivity contribution in [3.05, 3.63) is 42.8 Å². The smallest absolute Gasteiger partial charge is 0.346 e. The Hall–Kier alpha value is -0.0138. The zero-order chi connectivity index (χ0) is 11.4. The molecule has 0 fully saturated rings. The van der Waals surface area contributed by atoms with Crippen LogP contribution in [0.3, 0.4) is 0 Å². The first-order valence-electron chi connectivity index (χ1n) is 6.09. The van der Waals surface area contributed by atoms with Gasteiger partial charge in [0.05, 0.1) is 0 Å². The maximum Gasteiger partial charge on any atom is 2.00 e. The van der Waals surface area contributed by atoms with Crippen LogP contribution in [0.15, 0.2) is 24.3 Å². The SMILES string of the molecule is CCCCCCCc1cc[c-]cc1.[CH2-]C.[Mg+2]. The molecule has 86 valence electrons. The van der Waals surface area contributed by atoms with Gasteiger partial charge in [0.2, 0.25) is 0 Å². The predicted octanol–water partition coefficient (Wildman–Crippen LogP) is 4.46. The Bertz CT molecular complexity index is 206. The van der Waals surface area contributed by atoms with Crippen molar-refractivity contribution in [3.8, 4) is 0 Å². The van der Waals surface area contributed by atoms with Gasteiger partial charge in [-0.3, -0.25) is 0 Å². The Morgan fingerprint density at radius 2 is 1.56 bits per heavy atom. The third-order valence-electron chi connectivity index (χ3n) is 2.36. The van der Waals surface area contributed by atoms with E-state index in [0.29, 0.717) is 0 Å². The molecule has 0 amide bonds. The molecule has 0 spiro atoms. The van der Waals surface area contributed by atoms with Crippen LogP contribution in [-0.4, -0.2) is 23.1 Å². The van der Waals surface area contributed by atoms with Crippen LogP contribution < -0.4 is 0 Å². The van der Waals surface area contributed by atoms with Gasteiger partial charge in [0, 0.05) is 0 Å². The minimum absolute atomic E-state index is 0. The van der Waals surface area contributed by atoms with E-state index in [1.807, 2.05) is 12.1 Å². The van der Waals surface area contributed by atoms with Gasteiger partial charge in [0.1, 0.15) is 0 Å². The summed E-state index contributed by atoms with van der Waals surface area (Å²) in [4.78, 5) is 0. The molecule has 0 atom stereocenters. The molecule has 0 aliphatic rings. The third-order valence-corrected chi connectivity index (χ3v) is 2.36. The molecule has 1 aromatic carbocycles. The van der Waals surface area contributed by atoms with E-state index in [0.717, 1.165) is 0 Å². The van der Waals surface area contributed by atoms with E-state index in [2.05, 4.69) is 32.0 Å². The zero-order valence-electron chi connectivity index (χ0n) is 11.0. The quantitative estimate of drug-likeness (QED) is 0.383. The summed E-state index contributed by atoms with van der Waals surface area (Å²) >= 11 is 0. The fourth-order valence-corrected chi connectivity index (χ4v) is 1.52. The van der Waals surface area contributed by atoms with E-state index in [4.69, 9.17) is 0 Å². The number of rotatable bonds is 6. The molecule has 0 saturated carbocycles. The number of aryl methyl sites for hydroxylation is 1. The summed E-state index contributed by atoms with van der Waals surface area (Å²) in [6, 6.07) is 11.4. The molecule has 0 nitrogen and oxygen atoms in total. The molecule has 1 heteroatoms. The first-order valence-corrected chi connectivity index (χ1v) is 6.09. The molecule has 0 N–H and O–H groups in total. The van der Waals surface area contributed by atoms with E-state index in [-0.39, 0.29) is 23.1 Å². The molecule has 0 radical (unpaired) electrons. The topological polar surface area (TPSA) is 0 Å². The maximum atomic E-state index is 3.25. The number of unbranched alkanes of at least 4 members (excludes halogenated alkanes) is 4. The molecular weight excluding hydrogens is 204 g/mol. The first-order chi connectivity index (χ1) is 7.43. The van der Waals surface area contributed by atoms with E-state index in [1.165, 1.54) is 44.1 Å². The van der Waals surface area contributed by atoms with Gasteiger partial charge >= 0.3 is 23.1 Å². The van der Waals surface area contributed by atoms with Crippen molar-refractivity contribution >= 4 is 23.1 Å². The standard InChI is InChI=1S/C13H19.C2H5.Mg/c1-2-3-4-5-7-10-13-11-8-6-9-12-13;1-2;/h8-9,11-12H,2-5,7,10H2,1H3;1H2,2H3;/q2*-1;+2. The third kappa shape index (κ3) is 10.5. The van der Waals surface area contributed by atoms with Crippen molar-refractivity contribution < 1.29 is 0 Å². The van der Waals surface area contributed by atoms with E-state index in [1.54, 1.807) is 6.92 Å². The van der Waals surface area contributed by atoms with Crippen molar-refractivity contribution in [1.29, 1.82) is 0 Å². The van der Waals surface area contributed by atoms with Gasteiger partial charge in [-0.05, 0) is 0 Å². The van der Waals surface area contributed by atoms with Gasteiger partial charge in [0.25, 0.3) is 0 Å². The largest absolute Gasteiger partial charge is 2.00 e. The summed E-state index contributed by atoms with van der Waals surface area (Å²) in [5.74, 6) is 0. The van der Waals surface area contributed by atoms with Crippen LogP contribution in [-0.2, 0) is 6.42 Å². The summed E-state index contributed by atoms with van der Waals surface area (Å²) in [6.07, 6.45) is 8.08. The minimum atomic E-state index is 0. The second-order valence-electron chi connectivity index (χ2n) is 3.57. The first kappa shape index (κ1) is 18.4. The Kier molecular flexibility index (Phi) is 17.2. The van der Waals surface area contributed by atoms with Crippen LogP contribution in [0.5, 0.6) is 0 Å². The van der Waals surface area contributed by atoms with Crippen LogP contribution in [0.4, 0.5) is 0 Å². The second-order valence-corrected chi connectivity index (χ2v) is 3.57. The maximum absolute atomic E-state index is 3.25. The molecule has 1 aromatic rings. The van der Waals surface area contributed by atoms with Crippen LogP contribution in [0.2, 0.25) is 0 Å². The summed E-state index contributed by atoms with van der Waals surface area (Å²) in [7, 11) is 0. The average Bonchev–Trinajstić information content (AvgIpc) is 2.33. The van der Waals surface area contributed by atoms with Gasteiger partial charge in [-0.1, -0.05) is 45.4 Å². The molecule has 0 saturated heterocycles. The zero-order valence-corrected chi connectivity index (χ0v) is 12.4. The molecule has 0 bridgehead atoms. The number of hydrogen-bond donors (Lipinski definition) is 0. The van der Waals surface area contributed by atoms with Gasteiger partial charge in [-0.25, -0.2) is 0 Å².